The van der Waals surface area contributed by atoms with Crippen molar-refractivity contribution in [3.63, 3.8) is 0 Å². The van der Waals surface area contributed by atoms with Crippen LogP contribution in [0.4, 0.5) is 10.5 Å². The molecule has 14 nitrogen and oxygen atoms in total. The second-order valence-electron chi connectivity index (χ2n) is 13.8. The lowest BCUT2D eigenvalue weighted by molar-refractivity contribution is -0.130. The summed E-state index contributed by atoms with van der Waals surface area (Å²) in [6.45, 7) is 4.13. The largest absolute Gasteiger partial charge is 0.465 e. The number of nitrogens with one attached hydrogen (secondary N) is 6. The van der Waals surface area contributed by atoms with Crippen molar-refractivity contribution in [2.45, 2.75) is 64.0 Å². The molecule has 14 heteroatoms. The lowest BCUT2D eigenvalue weighted by Gasteiger charge is -2.29. The molecule has 0 radical (unpaired) electrons. The van der Waals surface area contributed by atoms with Crippen LogP contribution in [-0.2, 0) is 16.0 Å². The third-order valence-electron chi connectivity index (χ3n) is 9.89. The third kappa shape index (κ3) is 9.78. The number of aromatic amines is 1. The first-order valence-electron chi connectivity index (χ1n) is 17.8. The zero-order valence-corrected chi connectivity index (χ0v) is 29.2. The van der Waals surface area contributed by atoms with Gasteiger partial charge in [-0.3, -0.25) is 14.4 Å². The number of carbonyl (C=O) groups is 4. The highest BCUT2D eigenvalue weighted by Crippen LogP contribution is 2.29. The molecule has 52 heavy (non-hydrogen) atoms. The Hall–Kier alpha value is -5.63. The number of nitrogens with zero attached hydrogens (tertiary/aromatic N) is 3. The molecule has 1 saturated carbocycles. The highest BCUT2D eigenvalue weighted by Gasteiger charge is 2.30. The Morgan fingerprint density at radius 1 is 0.865 bits per heavy atom. The van der Waals surface area contributed by atoms with E-state index in [4.69, 9.17) is 5.11 Å². The minimum Gasteiger partial charge on any atom is -0.465 e. The van der Waals surface area contributed by atoms with Gasteiger partial charge < -0.3 is 31.7 Å². The summed E-state index contributed by atoms with van der Waals surface area (Å²) in [7, 11) is 0. The fraction of sp³-hybridized carbons (Fsp3) is 0.395. The summed E-state index contributed by atoms with van der Waals surface area (Å²) < 4.78 is 0. The van der Waals surface area contributed by atoms with Crippen LogP contribution >= 0.6 is 0 Å². The van der Waals surface area contributed by atoms with E-state index in [-0.39, 0.29) is 42.0 Å². The minimum absolute atomic E-state index is 0.0760. The number of hydrogen-bond acceptors (Lipinski definition) is 8. The summed E-state index contributed by atoms with van der Waals surface area (Å²) >= 11 is 0. The van der Waals surface area contributed by atoms with E-state index in [0.717, 1.165) is 66.6 Å². The molecular formula is C38H45N9O5. The van der Waals surface area contributed by atoms with Crippen molar-refractivity contribution in [3.8, 4) is 22.5 Å². The number of benzene rings is 3. The van der Waals surface area contributed by atoms with E-state index in [0.29, 0.717) is 36.5 Å². The highest BCUT2D eigenvalue weighted by molar-refractivity contribution is 5.98. The average Bonchev–Trinajstić information content (AvgIpc) is 3.70. The standard InChI is InChI=1S/C38H45N9O5/c1-23-18-29(21-30(19-23)36(49)41-32-14-16-39-17-15-32)26-6-2-24(3-7-26)20-33(43-35(48)28-8-4-25(5-9-28)22-40-38(51)52)37(50)42-31-12-10-27(11-13-31)34-44-46-47-45-34/h2-3,6-7,10-13,18-19,21,25,28,32-33,39-40H,4-5,8-9,14-17,20,22H2,1H3,(H,41,49)(H,42,50)(H,43,48)(H,51,52)(H,44,45,46,47)/t25?,28?,33-/m0/s1. The molecule has 1 saturated heterocycles. The maximum Gasteiger partial charge on any atom is 0.404 e. The van der Waals surface area contributed by atoms with Gasteiger partial charge >= 0.3 is 6.09 Å². The second kappa shape index (κ2) is 17.1. The molecule has 2 aliphatic rings. The first kappa shape index (κ1) is 36.2. The molecule has 1 aliphatic carbocycles. The number of rotatable bonds is 12. The predicted molar refractivity (Wildman–Crippen MR) is 195 cm³/mol. The quantitative estimate of drug-likeness (QED) is 0.113. The van der Waals surface area contributed by atoms with Crippen molar-refractivity contribution in [1.29, 1.82) is 0 Å². The number of piperidine rings is 1. The SMILES string of the molecule is Cc1cc(C(=O)NC2CCNCC2)cc(-c2ccc(C[C@H](NC(=O)C3CCC(CNC(=O)O)CC3)C(=O)Nc3ccc(-c4nn[nH]n4)cc3)cc2)c1. The summed E-state index contributed by atoms with van der Waals surface area (Å²) in [4.78, 5) is 51.3. The topological polar surface area (TPSA) is 203 Å². The van der Waals surface area contributed by atoms with Gasteiger partial charge in [-0.2, -0.15) is 5.21 Å². The van der Waals surface area contributed by atoms with E-state index in [1.54, 1.807) is 24.3 Å². The molecule has 0 unspecified atom stereocenters. The van der Waals surface area contributed by atoms with Crippen LogP contribution in [0.25, 0.3) is 22.5 Å². The van der Waals surface area contributed by atoms with Gasteiger partial charge in [0.05, 0.1) is 0 Å². The van der Waals surface area contributed by atoms with Gasteiger partial charge in [0.15, 0.2) is 0 Å². The van der Waals surface area contributed by atoms with Crippen molar-refractivity contribution in [3.05, 3.63) is 83.4 Å². The molecule has 6 rings (SSSR count). The molecule has 3 aromatic carbocycles. The van der Waals surface area contributed by atoms with Crippen molar-refractivity contribution in [2.24, 2.45) is 11.8 Å². The Morgan fingerprint density at radius 3 is 2.25 bits per heavy atom. The number of carboxylic acid groups (broad SMARTS) is 1. The van der Waals surface area contributed by atoms with Gasteiger partial charge in [-0.25, -0.2) is 4.79 Å². The average molecular weight is 708 g/mol. The Balaban J connectivity index is 1.14. The van der Waals surface area contributed by atoms with Crippen molar-refractivity contribution in [2.75, 3.05) is 25.0 Å². The summed E-state index contributed by atoms with van der Waals surface area (Å²) in [5, 5.41) is 37.8. The summed E-state index contributed by atoms with van der Waals surface area (Å²) in [5.41, 5.74) is 5.60. The van der Waals surface area contributed by atoms with Crippen LogP contribution in [0.5, 0.6) is 0 Å². The molecule has 2 fully saturated rings. The second-order valence-corrected chi connectivity index (χ2v) is 13.8. The van der Waals surface area contributed by atoms with Gasteiger partial charge in [0.1, 0.15) is 6.04 Å². The van der Waals surface area contributed by atoms with Crippen LogP contribution in [0.15, 0.2) is 66.7 Å². The number of hydrogen-bond donors (Lipinski definition) is 7. The van der Waals surface area contributed by atoms with E-state index in [1.165, 1.54) is 0 Å². The van der Waals surface area contributed by atoms with Gasteiger partial charge in [-0.15, -0.1) is 10.2 Å². The molecule has 1 atom stereocenters. The van der Waals surface area contributed by atoms with Gasteiger partial charge in [0.25, 0.3) is 5.91 Å². The number of aryl methyl sites for hydroxylation is 1. The molecule has 7 N–H and O–H groups in total. The molecule has 2 heterocycles. The molecule has 4 amide bonds. The lowest BCUT2D eigenvalue weighted by Crippen LogP contribution is -2.48. The molecule has 1 aliphatic heterocycles. The number of tetrazole rings is 1. The number of aromatic nitrogens is 4. The van der Waals surface area contributed by atoms with Crippen molar-refractivity contribution >= 4 is 29.5 Å². The molecule has 0 spiro atoms. The molecular weight excluding hydrogens is 662 g/mol. The van der Waals surface area contributed by atoms with Crippen LogP contribution in [0.3, 0.4) is 0 Å². The van der Waals surface area contributed by atoms with Crippen LogP contribution in [0.1, 0.15) is 60.0 Å². The van der Waals surface area contributed by atoms with Crippen LogP contribution < -0.4 is 26.6 Å². The number of carbonyl (C=O) groups excluding carboxylic acids is 3. The molecule has 272 valence electrons. The first-order valence-corrected chi connectivity index (χ1v) is 17.8. The van der Waals surface area contributed by atoms with Gasteiger partial charge in [-0.05, 0) is 128 Å². The van der Waals surface area contributed by atoms with E-state index in [1.807, 2.05) is 49.4 Å². The lowest BCUT2D eigenvalue weighted by atomic mass is 9.81. The Bertz CT molecular complexity index is 1830. The van der Waals surface area contributed by atoms with E-state index in [2.05, 4.69) is 47.2 Å². The zero-order chi connectivity index (χ0) is 36.5. The third-order valence-corrected chi connectivity index (χ3v) is 9.89. The Kier molecular flexibility index (Phi) is 11.9. The fourth-order valence-electron chi connectivity index (χ4n) is 6.96. The number of anilines is 1. The minimum atomic E-state index is -1.05. The number of amides is 4. The zero-order valence-electron chi connectivity index (χ0n) is 29.2. The summed E-state index contributed by atoms with van der Waals surface area (Å²) in [6.07, 6.45) is 3.71. The van der Waals surface area contributed by atoms with Gasteiger partial charge in [0, 0.05) is 41.7 Å². The van der Waals surface area contributed by atoms with Crippen LogP contribution in [0, 0.1) is 18.8 Å². The molecule has 4 aromatic rings. The highest BCUT2D eigenvalue weighted by atomic mass is 16.4. The monoisotopic (exact) mass is 707 g/mol. The molecule has 1 aromatic heterocycles. The van der Waals surface area contributed by atoms with Crippen molar-refractivity contribution < 1.29 is 24.3 Å². The van der Waals surface area contributed by atoms with E-state index < -0.39 is 12.1 Å². The summed E-state index contributed by atoms with van der Waals surface area (Å²) in [5.74, 6) is -0.275. The molecule has 0 bridgehead atoms. The fourth-order valence-corrected chi connectivity index (χ4v) is 6.96. The normalized spacial score (nSPS) is 18.2. The Labute approximate surface area is 301 Å². The van der Waals surface area contributed by atoms with Crippen molar-refractivity contribution in [1.82, 2.24) is 41.9 Å². The van der Waals surface area contributed by atoms with Gasteiger partial charge in [-0.1, -0.05) is 30.3 Å². The van der Waals surface area contributed by atoms with Gasteiger partial charge in [0.2, 0.25) is 17.6 Å². The summed E-state index contributed by atoms with van der Waals surface area (Å²) in [6, 6.07) is 20.0. The van der Waals surface area contributed by atoms with E-state index >= 15 is 0 Å². The van der Waals surface area contributed by atoms with Crippen LogP contribution in [-0.4, -0.2) is 81.3 Å². The maximum absolute atomic E-state index is 13.7. The Morgan fingerprint density at radius 2 is 1.58 bits per heavy atom. The maximum atomic E-state index is 13.7. The smallest absolute Gasteiger partial charge is 0.404 e. The van der Waals surface area contributed by atoms with E-state index in [9.17, 15) is 19.2 Å². The van der Waals surface area contributed by atoms with Crippen LogP contribution in [0.2, 0.25) is 0 Å². The number of H-pyrrole nitrogens is 1. The first-order chi connectivity index (χ1) is 25.2. The predicted octanol–water partition coefficient (Wildman–Crippen LogP) is 4.06.